The summed E-state index contributed by atoms with van der Waals surface area (Å²) in [6, 6.07) is 26.1. The Labute approximate surface area is 193 Å². The van der Waals surface area contributed by atoms with Gasteiger partial charge >= 0.3 is 0 Å². The van der Waals surface area contributed by atoms with E-state index < -0.39 is 0 Å². The van der Waals surface area contributed by atoms with Crippen LogP contribution in [0.1, 0.15) is 35.4 Å². The molecule has 0 amide bonds. The van der Waals surface area contributed by atoms with Crippen LogP contribution >= 0.6 is 0 Å². The van der Waals surface area contributed by atoms with E-state index >= 15 is 0 Å². The monoisotopic (exact) mass is 428 g/mol. The van der Waals surface area contributed by atoms with Gasteiger partial charge in [0.1, 0.15) is 0 Å². The zero-order chi connectivity index (χ0) is 21.8. The van der Waals surface area contributed by atoms with Crippen LogP contribution in [0.25, 0.3) is 0 Å². The smallest absolute Gasteiger partial charge is 0.0312 e. The van der Waals surface area contributed by atoms with Gasteiger partial charge in [-0.25, -0.2) is 0 Å². The van der Waals surface area contributed by atoms with E-state index in [0.717, 1.165) is 32.7 Å². The fourth-order valence-corrected chi connectivity index (χ4v) is 4.55. The van der Waals surface area contributed by atoms with Crippen molar-refractivity contribution in [2.75, 3.05) is 45.8 Å². The Morgan fingerprint density at radius 1 is 0.750 bits per heavy atom. The van der Waals surface area contributed by atoms with E-state index in [4.69, 9.17) is 0 Å². The molecule has 0 atom stereocenters. The molecule has 0 aliphatic carbocycles. The van der Waals surface area contributed by atoms with Gasteiger partial charge in [0.05, 0.1) is 0 Å². The zero-order valence-corrected chi connectivity index (χ0v) is 19.1. The molecule has 0 saturated carbocycles. The van der Waals surface area contributed by atoms with E-state index in [-0.39, 0.29) is 0 Å². The summed E-state index contributed by atoms with van der Waals surface area (Å²) in [4.78, 5) is 9.45. The minimum absolute atomic E-state index is 0.440. The molecular weight excluding hydrogens is 392 g/mol. The maximum atomic E-state index is 4.17. The quantitative estimate of drug-likeness (QED) is 0.459. The van der Waals surface area contributed by atoms with E-state index in [9.17, 15) is 0 Å². The first-order valence-corrected chi connectivity index (χ1v) is 12.0. The van der Waals surface area contributed by atoms with Gasteiger partial charge in [0, 0.05) is 57.6 Å². The first-order valence-electron chi connectivity index (χ1n) is 12.0. The van der Waals surface area contributed by atoms with Crippen molar-refractivity contribution in [1.82, 2.24) is 20.1 Å². The highest BCUT2D eigenvalue weighted by molar-refractivity contribution is 5.32. The van der Waals surface area contributed by atoms with Crippen molar-refractivity contribution in [3.8, 4) is 0 Å². The fraction of sp³-hybridized carbons (Fsp3) is 0.393. The molecule has 1 N–H and O–H groups in total. The maximum Gasteiger partial charge on any atom is 0.0312 e. The second kappa shape index (κ2) is 12.5. The Bertz CT molecular complexity index is 838. The lowest BCUT2D eigenvalue weighted by Gasteiger charge is -2.36. The van der Waals surface area contributed by atoms with E-state index in [1.54, 1.807) is 0 Å². The number of hydrogen-bond acceptors (Lipinski definition) is 4. The molecule has 2 heterocycles. The molecule has 1 aliphatic rings. The molecule has 3 aromatic rings. The molecule has 1 aliphatic heterocycles. The second-order valence-electron chi connectivity index (χ2n) is 8.76. The Morgan fingerprint density at radius 3 is 2.03 bits per heavy atom. The average molecular weight is 429 g/mol. The summed E-state index contributed by atoms with van der Waals surface area (Å²) in [7, 11) is 0. The lowest BCUT2D eigenvalue weighted by Crippen LogP contribution is -2.47. The Hall–Kier alpha value is -2.53. The highest BCUT2D eigenvalue weighted by atomic mass is 15.3. The summed E-state index contributed by atoms with van der Waals surface area (Å²) in [6.45, 7) is 8.98. The molecule has 168 valence electrons. The number of piperazine rings is 1. The van der Waals surface area contributed by atoms with Crippen molar-refractivity contribution < 1.29 is 0 Å². The van der Waals surface area contributed by atoms with Crippen LogP contribution in [0.5, 0.6) is 0 Å². The van der Waals surface area contributed by atoms with Crippen molar-refractivity contribution in [3.05, 3.63) is 102 Å². The van der Waals surface area contributed by atoms with Crippen LogP contribution in [-0.4, -0.2) is 60.6 Å². The van der Waals surface area contributed by atoms with Crippen molar-refractivity contribution in [2.45, 2.75) is 25.3 Å². The highest BCUT2D eigenvalue weighted by Crippen LogP contribution is 2.26. The van der Waals surface area contributed by atoms with Gasteiger partial charge in [-0.1, -0.05) is 66.7 Å². The van der Waals surface area contributed by atoms with E-state index in [0.29, 0.717) is 5.92 Å². The summed E-state index contributed by atoms with van der Waals surface area (Å²) < 4.78 is 0. The molecule has 0 unspecified atom stereocenters. The van der Waals surface area contributed by atoms with Crippen LogP contribution < -0.4 is 5.32 Å². The first-order chi connectivity index (χ1) is 15.9. The molecule has 4 nitrogen and oxygen atoms in total. The van der Waals surface area contributed by atoms with Crippen molar-refractivity contribution in [1.29, 1.82) is 0 Å². The molecule has 0 bridgehead atoms. The number of nitrogens with zero attached hydrogens (tertiary/aromatic N) is 3. The topological polar surface area (TPSA) is 31.4 Å². The molecule has 0 spiro atoms. The number of rotatable bonds is 11. The summed E-state index contributed by atoms with van der Waals surface area (Å²) in [5.74, 6) is 0.440. The number of pyridine rings is 1. The number of aromatic nitrogens is 1. The summed E-state index contributed by atoms with van der Waals surface area (Å²) >= 11 is 0. The third-order valence-corrected chi connectivity index (χ3v) is 6.44. The van der Waals surface area contributed by atoms with Crippen LogP contribution in [0, 0.1) is 0 Å². The van der Waals surface area contributed by atoms with Crippen LogP contribution in [0.4, 0.5) is 0 Å². The summed E-state index contributed by atoms with van der Waals surface area (Å²) in [5.41, 5.74) is 4.09. The van der Waals surface area contributed by atoms with Gasteiger partial charge in [0.25, 0.3) is 0 Å². The summed E-state index contributed by atoms with van der Waals surface area (Å²) in [5, 5.41) is 3.53. The molecule has 4 heteroatoms. The van der Waals surface area contributed by atoms with Gasteiger partial charge < -0.3 is 10.2 Å². The molecule has 1 fully saturated rings. The second-order valence-corrected chi connectivity index (χ2v) is 8.76. The van der Waals surface area contributed by atoms with Crippen LogP contribution in [0.15, 0.2) is 85.2 Å². The molecule has 32 heavy (non-hydrogen) atoms. The van der Waals surface area contributed by atoms with Gasteiger partial charge in [-0.05, 0) is 48.7 Å². The number of hydrogen-bond donors (Lipinski definition) is 1. The van der Waals surface area contributed by atoms with Gasteiger partial charge in [0.2, 0.25) is 0 Å². The summed E-state index contributed by atoms with van der Waals surface area (Å²) in [6.07, 6.45) is 6.25. The Morgan fingerprint density at radius 2 is 1.41 bits per heavy atom. The molecule has 0 radical (unpaired) electrons. The SMILES string of the molecule is c1ccc(C(CN2CCN(CCCCNCc3cccnc3)CC2)c2ccccc2)cc1. The molecule has 1 saturated heterocycles. The largest absolute Gasteiger partial charge is 0.313 e. The third-order valence-electron chi connectivity index (χ3n) is 6.44. The van der Waals surface area contributed by atoms with E-state index in [1.807, 2.05) is 18.5 Å². The predicted octanol–water partition coefficient (Wildman–Crippen LogP) is 4.40. The lowest BCUT2D eigenvalue weighted by atomic mass is 9.90. The van der Waals surface area contributed by atoms with Crippen LogP contribution in [0.3, 0.4) is 0 Å². The van der Waals surface area contributed by atoms with Crippen LogP contribution in [-0.2, 0) is 6.54 Å². The number of nitrogens with one attached hydrogen (secondary N) is 1. The van der Waals surface area contributed by atoms with Crippen molar-refractivity contribution in [2.24, 2.45) is 0 Å². The Balaban J connectivity index is 1.17. The van der Waals surface area contributed by atoms with Gasteiger partial charge in [-0.2, -0.15) is 0 Å². The molecule has 1 aromatic heterocycles. The lowest BCUT2D eigenvalue weighted by molar-refractivity contribution is 0.128. The van der Waals surface area contributed by atoms with Crippen molar-refractivity contribution >= 4 is 0 Å². The van der Waals surface area contributed by atoms with Crippen molar-refractivity contribution in [3.63, 3.8) is 0 Å². The molecule has 2 aromatic carbocycles. The first kappa shape index (κ1) is 22.7. The van der Waals surface area contributed by atoms with Crippen LogP contribution in [0.2, 0.25) is 0 Å². The number of benzene rings is 2. The van der Waals surface area contributed by atoms with Gasteiger partial charge in [-0.3, -0.25) is 9.88 Å². The molecular formula is C28H36N4. The van der Waals surface area contributed by atoms with Gasteiger partial charge in [0.15, 0.2) is 0 Å². The zero-order valence-electron chi connectivity index (χ0n) is 19.1. The van der Waals surface area contributed by atoms with Gasteiger partial charge in [-0.15, -0.1) is 0 Å². The standard InChI is InChI=1S/C28H36N4/c1-3-11-26(12-4-1)28(27-13-5-2-6-14-27)24-32-20-18-31(19-21-32)17-8-7-15-29-22-25-10-9-16-30-23-25/h1-6,9-14,16,23,28-29H,7-8,15,17-22,24H2. The third kappa shape index (κ3) is 6.99. The normalized spacial score (nSPS) is 15.3. The van der Waals surface area contributed by atoms with E-state index in [1.165, 1.54) is 49.2 Å². The minimum atomic E-state index is 0.440. The highest BCUT2D eigenvalue weighted by Gasteiger charge is 2.22. The van der Waals surface area contributed by atoms with E-state index in [2.05, 4.69) is 86.8 Å². The fourth-order valence-electron chi connectivity index (χ4n) is 4.55. The minimum Gasteiger partial charge on any atom is -0.313 e. The maximum absolute atomic E-state index is 4.17. The Kier molecular flexibility index (Phi) is 8.84. The average Bonchev–Trinajstić information content (AvgIpc) is 2.87. The molecule has 4 rings (SSSR count). The predicted molar refractivity (Wildman–Crippen MR) is 133 cm³/mol. The number of unbranched alkanes of at least 4 members (excludes halogenated alkanes) is 1.